The molecule has 0 radical (unpaired) electrons. The molecule has 0 aliphatic rings. The molecule has 0 bridgehead atoms. The molecule has 0 fully saturated rings. The Morgan fingerprint density at radius 2 is 2.38 bits per heavy atom. The van der Waals surface area contributed by atoms with Crippen molar-refractivity contribution in [1.82, 2.24) is 4.98 Å². The van der Waals surface area contributed by atoms with Gasteiger partial charge in [0.2, 0.25) is 5.89 Å². The number of nitrogens with zero attached hydrogens (tertiary/aromatic N) is 1. The third-order valence-electron chi connectivity index (χ3n) is 1.98. The van der Waals surface area contributed by atoms with E-state index < -0.39 is 5.97 Å². The van der Waals surface area contributed by atoms with E-state index in [0.717, 1.165) is 16.5 Å². The Kier molecular flexibility index (Phi) is 2.96. The average Bonchev–Trinajstić information content (AvgIpc) is 2.67. The number of carboxylic acids is 1. The summed E-state index contributed by atoms with van der Waals surface area (Å²) in [5.74, 6) is -0.720. The standard InChI is InChI=1S/C11H9NO3S/c1-16-7-2-3-9-8(6-7)12-10(15-9)4-5-11(13)14/h2-6H,1H3,(H,13,14)/b5-4+. The second-order valence-electron chi connectivity index (χ2n) is 3.06. The lowest BCUT2D eigenvalue weighted by atomic mass is 10.3. The van der Waals surface area contributed by atoms with Gasteiger partial charge < -0.3 is 9.52 Å². The summed E-state index contributed by atoms with van der Waals surface area (Å²) in [4.78, 5) is 15.6. The third-order valence-corrected chi connectivity index (χ3v) is 2.71. The van der Waals surface area contributed by atoms with Gasteiger partial charge in [0.1, 0.15) is 5.52 Å². The molecular weight excluding hydrogens is 226 g/mol. The molecule has 0 saturated carbocycles. The summed E-state index contributed by atoms with van der Waals surface area (Å²) in [5, 5.41) is 8.47. The highest BCUT2D eigenvalue weighted by molar-refractivity contribution is 7.98. The largest absolute Gasteiger partial charge is 0.478 e. The molecule has 1 N–H and O–H groups in total. The van der Waals surface area contributed by atoms with Crippen molar-refractivity contribution in [2.45, 2.75) is 4.90 Å². The highest BCUT2D eigenvalue weighted by Crippen LogP contribution is 2.22. The lowest BCUT2D eigenvalue weighted by Gasteiger charge is -1.92. The van der Waals surface area contributed by atoms with Crippen molar-refractivity contribution < 1.29 is 14.3 Å². The molecule has 1 heterocycles. The van der Waals surface area contributed by atoms with Gasteiger partial charge >= 0.3 is 5.97 Å². The molecule has 0 unspecified atom stereocenters. The first-order chi connectivity index (χ1) is 7.69. The van der Waals surface area contributed by atoms with Gasteiger partial charge in [-0.3, -0.25) is 0 Å². The van der Waals surface area contributed by atoms with Crippen LogP contribution in [0.1, 0.15) is 5.89 Å². The second kappa shape index (κ2) is 4.40. The first-order valence-corrected chi connectivity index (χ1v) is 5.77. The van der Waals surface area contributed by atoms with Gasteiger partial charge in [-0.15, -0.1) is 11.8 Å². The van der Waals surface area contributed by atoms with E-state index in [1.165, 1.54) is 6.08 Å². The van der Waals surface area contributed by atoms with Crippen molar-refractivity contribution in [1.29, 1.82) is 0 Å². The monoisotopic (exact) mass is 235 g/mol. The quantitative estimate of drug-likeness (QED) is 0.654. The smallest absolute Gasteiger partial charge is 0.328 e. The molecule has 0 aliphatic heterocycles. The Hall–Kier alpha value is -1.75. The van der Waals surface area contributed by atoms with E-state index in [1.54, 1.807) is 11.8 Å². The van der Waals surface area contributed by atoms with Gasteiger partial charge in [-0.1, -0.05) is 0 Å². The third kappa shape index (κ3) is 2.25. The van der Waals surface area contributed by atoms with Crippen LogP contribution in [0.5, 0.6) is 0 Å². The zero-order chi connectivity index (χ0) is 11.5. The van der Waals surface area contributed by atoms with Crippen LogP contribution in [-0.4, -0.2) is 22.3 Å². The highest BCUT2D eigenvalue weighted by Gasteiger charge is 2.04. The van der Waals surface area contributed by atoms with Crippen LogP contribution in [-0.2, 0) is 4.79 Å². The molecule has 2 rings (SSSR count). The fourth-order valence-corrected chi connectivity index (χ4v) is 1.70. The van der Waals surface area contributed by atoms with E-state index in [0.29, 0.717) is 11.5 Å². The average molecular weight is 235 g/mol. The van der Waals surface area contributed by atoms with Crippen LogP contribution in [0.25, 0.3) is 17.2 Å². The van der Waals surface area contributed by atoms with E-state index in [9.17, 15) is 4.79 Å². The lowest BCUT2D eigenvalue weighted by Crippen LogP contribution is -1.85. The summed E-state index contributed by atoms with van der Waals surface area (Å²) in [6.45, 7) is 0. The number of hydrogen-bond acceptors (Lipinski definition) is 4. The number of carboxylic acid groups (broad SMARTS) is 1. The summed E-state index contributed by atoms with van der Waals surface area (Å²) in [5.41, 5.74) is 1.39. The Bertz CT molecular complexity index is 559. The maximum atomic E-state index is 10.3. The normalized spacial score (nSPS) is 11.3. The number of aromatic nitrogens is 1. The van der Waals surface area contributed by atoms with Gasteiger partial charge in [-0.25, -0.2) is 9.78 Å². The van der Waals surface area contributed by atoms with E-state index in [2.05, 4.69) is 4.98 Å². The first-order valence-electron chi connectivity index (χ1n) is 4.54. The molecule has 0 aliphatic carbocycles. The highest BCUT2D eigenvalue weighted by atomic mass is 32.2. The van der Waals surface area contributed by atoms with Gasteiger partial charge in [-0.05, 0) is 24.5 Å². The van der Waals surface area contributed by atoms with E-state index in [1.807, 2.05) is 24.5 Å². The molecule has 4 nitrogen and oxygen atoms in total. The zero-order valence-corrected chi connectivity index (χ0v) is 9.32. The molecule has 1 aromatic carbocycles. The number of benzene rings is 1. The summed E-state index contributed by atoms with van der Waals surface area (Å²) in [7, 11) is 0. The molecule has 2 aromatic rings. The minimum absolute atomic E-state index is 0.302. The Balaban J connectivity index is 2.40. The van der Waals surface area contributed by atoms with E-state index in [-0.39, 0.29) is 0 Å². The maximum Gasteiger partial charge on any atom is 0.328 e. The molecule has 0 spiro atoms. The maximum absolute atomic E-state index is 10.3. The number of aliphatic carboxylic acids is 1. The van der Waals surface area contributed by atoms with Crippen molar-refractivity contribution in [3.05, 3.63) is 30.2 Å². The molecule has 5 heteroatoms. The van der Waals surface area contributed by atoms with Crippen LogP contribution >= 0.6 is 11.8 Å². The Morgan fingerprint density at radius 1 is 1.56 bits per heavy atom. The number of thioether (sulfide) groups is 1. The molecule has 0 saturated heterocycles. The van der Waals surface area contributed by atoms with Crippen molar-refractivity contribution >= 4 is 34.9 Å². The van der Waals surface area contributed by atoms with Crippen LogP contribution in [0.4, 0.5) is 0 Å². The van der Waals surface area contributed by atoms with E-state index in [4.69, 9.17) is 9.52 Å². The fraction of sp³-hybridized carbons (Fsp3) is 0.0909. The van der Waals surface area contributed by atoms with Gasteiger partial charge in [0, 0.05) is 17.0 Å². The van der Waals surface area contributed by atoms with Gasteiger partial charge in [0.25, 0.3) is 0 Å². The van der Waals surface area contributed by atoms with Crippen molar-refractivity contribution in [3.8, 4) is 0 Å². The fourth-order valence-electron chi connectivity index (χ4n) is 1.27. The van der Waals surface area contributed by atoms with Crippen molar-refractivity contribution in [2.24, 2.45) is 0 Å². The van der Waals surface area contributed by atoms with Crippen LogP contribution < -0.4 is 0 Å². The van der Waals surface area contributed by atoms with Crippen LogP contribution in [0.3, 0.4) is 0 Å². The number of rotatable bonds is 3. The Morgan fingerprint density at radius 3 is 3.06 bits per heavy atom. The number of oxazole rings is 1. The minimum Gasteiger partial charge on any atom is -0.478 e. The summed E-state index contributed by atoms with van der Waals surface area (Å²) in [6, 6.07) is 5.66. The first kappa shape index (κ1) is 10.8. The van der Waals surface area contributed by atoms with Crippen molar-refractivity contribution in [3.63, 3.8) is 0 Å². The topological polar surface area (TPSA) is 63.3 Å². The molecule has 82 valence electrons. The Labute approximate surface area is 96.0 Å². The SMILES string of the molecule is CSc1ccc2oc(/C=C/C(=O)O)nc2c1. The zero-order valence-electron chi connectivity index (χ0n) is 8.51. The predicted octanol–water partition coefficient (Wildman–Crippen LogP) is 2.65. The molecule has 16 heavy (non-hydrogen) atoms. The van der Waals surface area contributed by atoms with E-state index >= 15 is 0 Å². The van der Waals surface area contributed by atoms with Crippen LogP contribution in [0, 0.1) is 0 Å². The van der Waals surface area contributed by atoms with Crippen LogP contribution in [0.15, 0.2) is 33.6 Å². The van der Waals surface area contributed by atoms with Crippen molar-refractivity contribution in [2.75, 3.05) is 6.26 Å². The summed E-state index contributed by atoms with van der Waals surface area (Å²) in [6.07, 6.45) is 4.31. The predicted molar refractivity (Wildman–Crippen MR) is 62.5 cm³/mol. The van der Waals surface area contributed by atoms with Gasteiger partial charge in [0.15, 0.2) is 5.58 Å². The van der Waals surface area contributed by atoms with Crippen LogP contribution in [0.2, 0.25) is 0 Å². The molecule has 0 amide bonds. The second-order valence-corrected chi connectivity index (χ2v) is 3.94. The number of fused-ring (bicyclic) bond motifs is 1. The number of carbonyl (C=O) groups is 1. The number of hydrogen-bond donors (Lipinski definition) is 1. The van der Waals surface area contributed by atoms with Gasteiger partial charge in [0.05, 0.1) is 0 Å². The minimum atomic E-state index is -1.02. The molecule has 1 aromatic heterocycles. The molecular formula is C11H9NO3S. The summed E-state index contributed by atoms with van der Waals surface area (Å²) >= 11 is 1.62. The molecule has 0 atom stereocenters. The van der Waals surface area contributed by atoms with Gasteiger partial charge in [-0.2, -0.15) is 0 Å². The lowest BCUT2D eigenvalue weighted by molar-refractivity contribution is -0.131. The summed E-state index contributed by atoms with van der Waals surface area (Å²) < 4.78 is 5.35.